The SMILES string of the molecule is CN(Cc1cc2ccccc2c(=O)[nH]1)[C@@H]1c2cc(Cl)cc(Cl)c2C[C@@H]1O. The van der Waals surface area contributed by atoms with E-state index in [-0.39, 0.29) is 11.6 Å². The van der Waals surface area contributed by atoms with E-state index >= 15 is 0 Å². The number of likely N-dealkylation sites (N-methyl/N-ethyl adjacent to an activating group) is 1. The summed E-state index contributed by atoms with van der Waals surface area (Å²) in [5, 5.41) is 13.3. The first-order chi connectivity index (χ1) is 12.4. The first kappa shape index (κ1) is 17.6. The maximum Gasteiger partial charge on any atom is 0.256 e. The third-order valence-corrected chi connectivity index (χ3v) is 5.55. The Morgan fingerprint density at radius 2 is 2.00 bits per heavy atom. The molecular weight excluding hydrogens is 371 g/mol. The number of aliphatic hydroxyl groups excluding tert-OH is 1. The molecule has 26 heavy (non-hydrogen) atoms. The van der Waals surface area contributed by atoms with Gasteiger partial charge in [0.05, 0.1) is 12.1 Å². The van der Waals surface area contributed by atoms with Crippen LogP contribution in [0.2, 0.25) is 10.0 Å². The average Bonchev–Trinajstić information content (AvgIpc) is 2.91. The molecule has 4 rings (SSSR count). The van der Waals surface area contributed by atoms with E-state index in [0.717, 1.165) is 22.2 Å². The highest BCUT2D eigenvalue weighted by Crippen LogP contribution is 2.41. The second-order valence-electron chi connectivity index (χ2n) is 6.80. The highest BCUT2D eigenvalue weighted by Gasteiger charge is 2.35. The molecule has 0 radical (unpaired) electrons. The Morgan fingerprint density at radius 1 is 1.23 bits per heavy atom. The highest BCUT2D eigenvalue weighted by molar-refractivity contribution is 6.35. The van der Waals surface area contributed by atoms with E-state index in [2.05, 4.69) is 4.98 Å². The third-order valence-electron chi connectivity index (χ3n) is 4.99. The molecule has 6 heteroatoms. The number of pyridine rings is 1. The van der Waals surface area contributed by atoms with Gasteiger partial charge < -0.3 is 10.1 Å². The van der Waals surface area contributed by atoms with Gasteiger partial charge >= 0.3 is 0 Å². The summed E-state index contributed by atoms with van der Waals surface area (Å²) < 4.78 is 0. The van der Waals surface area contributed by atoms with Crippen LogP contribution in [0.1, 0.15) is 22.9 Å². The summed E-state index contributed by atoms with van der Waals surface area (Å²) >= 11 is 12.5. The number of benzene rings is 2. The fourth-order valence-electron chi connectivity index (χ4n) is 3.88. The van der Waals surface area contributed by atoms with Gasteiger partial charge in [-0.25, -0.2) is 0 Å². The van der Waals surface area contributed by atoms with E-state index in [4.69, 9.17) is 23.2 Å². The van der Waals surface area contributed by atoms with Crippen LogP contribution in [0.4, 0.5) is 0 Å². The number of halogens is 2. The van der Waals surface area contributed by atoms with Crippen LogP contribution in [-0.2, 0) is 13.0 Å². The third kappa shape index (κ3) is 3.03. The van der Waals surface area contributed by atoms with Crippen LogP contribution in [0.25, 0.3) is 10.8 Å². The van der Waals surface area contributed by atoms with E-state index in [1.807, 2.05) is 48.3 Å². The number of fused-ring (bicyclic) bond motifs is 2. The lowest BCUT2D eigenvalue weighted by Crippen LogP contribution is -2.31. The summed E-state index contributed by atoms with van der Waals surface area (Å²) in [5.74, 6) is 0. The molecule has 0 amide bonds. The predicted octanol–water partition coefficient (Wildman–Crippen LogP) is 3.93. The van der Waals surface area contributed by atoms with Crippen LogP contribution >= 0.6 is 23.2 Å². The molecule has 1 aliphatic rings. The molecule has 0 unspecified atom stereocenters. The standard InChI is InChI=1S/C20H18Cl2N2O2/c1-24(10-13-6-11-4-2-3-5-14(11)20(26)23-13)19-16-7-12(21)8-17(22)15(16)9-18(19)25/h2-8,18-19,25H,9-10H2,1H3,(H,23,26)/t18-,19+/m0/s1. The number of aromatic nitrogens is 1. The Labute approximate surface area is 161 Å². The number of rotatable bonds is 3. The molecule has 0 fully saturated rings. The maximum absolute atomic E-state index is 12.3. The van der Waals surface area contributed by atoms with Crippen LogP contribution in [-0.4, -0.2) is 28.1 Å². The fraction of sp³-hybridized carbons (Fsp3) is 0.250. The maximum atomic E-state index is 12.3. The van der Waals surface area contributed by atoms with Gasteiger partial charge in [0, 0.05) is 34.1 Å². The quantitative estimate of drug-likeness (QED) is 0.714. The summed E-state index contributed by atoms with van der Waals surface area (Å²) in [6.45, 7) is 0.491. The van der Waals surface area contributed by atoms with Crippen LogP contribution in [0.3, 0.4) is 0 Å². The molecule has 134 valence electrons. The molecule has 4 nitrogen and oxygen atoms in total. The molecular formula is C20H18Cl2N2O2. The van der Waals surface area contributed by atoms with Gasteiger partial charge in [0.1, 0.15) is 0 Å². The minimum absolute atomic E-state index is 0.107. The molecule has 1 aliphatic carbocycles. The number of nitrogens with one attached hydrogen (secondary N) is 1. The molecule has 0 spiro atoms. The summed E-state index contributed by atoms with van der Waals surface area (Å²) in [4.78, 5) is 17.2. The van der Waals surface area contributed by atoms with Gasteiger partial charge in [-0.3, -0.25) is 9.69 Å². The van der Waals surface area contributed by atoms with E-state index in [1.165, 1.54) is 0 Å². The molecule has 1 aromatic heterocycles. The van der Waals surface area contributed by atoms with Gasteiger partial charge in [0.15, 0.2) is 0 Å². The Kier molecular flexibility index (Phi) is 4.53. The monoisotopic (exact) mass is 388 g/mol. The van der Waals surface area contributed by atoms with Crippen molar-refractivity contribution in [2.45, 2.75) is 25.1 Å². The van der Waals surface area contributed by atoms with Gasteiger partial charge in [-0.15, -0.1) is 0 Å². The van der Waals surface area contributed by atoms with Crippen molar-refractivity contribution in [2.24, 2.45) is 0 Å². The number of hydrogen-bond acceptors (Lipinski definition) is 3. The van der Waals surface area contributed by atoms with Crippen molar-refractivity contribution in [3.63, 3.8) is 0 Å². The molecule has 0 saturated carbocycles. The second kappa shape index (κ2) is 6.71. The largest absolute Gasteiger partial charge is 0.391 e. The van der Waals surface area contributed by atoms with E-state index < -0.39 is 6.10 Å². The van der Waals surface area contributed by atoms with E-state index in [0.29, 0.717) is 28.4 Å². The zero-order valence-corrected chi connectivity index (χ0v) is 15.7. The number of H-pyrrole nitrogens is 1. The number of aromatic amines is 1. The van der Waals surface area contributed by atoms with Crippen LogP contribution in [0, 0.1) is 0 Å². The van der Waals surface area contributed by atoms with E-state index in [1.54, 1.807) is 6.07 Å². The molecule has 1 heterocycles. The smallest absolute Gasteiger partial charge is 0.256 e. The Morgan fingerprint density at radius 3 is 2.81 bits per heavy atom. The van der Waals surface area contributed by atoms with Crippen molar-refractivity contribution >= 4 is 34.0 Å². The lowest BCUT2D eigenvalue weighted by Gasteiger charge is -2.28. The minimum Gasteiger partial charge on any atom is -0.391 e. The topological polar surface area (TPSA) is 56.3 Å². The Balaban J connectivity index is 1.68. The van der Waals surface area contributed by atoms with Gasteiger partial charge in [-0.05, 0) is 47.8 Å². The van der Waals surface area contributed by atoms with Crippen LogP contribution in [0.15, 0.2) is 47.3 Å². The van der Waals surface area contributed by atoms with Crippen LogP contribution in [0.5, 0.6) is 0 Å². The molecule has 0 bridgehead atoms. The first-order valence-electron chi connectivity index (χ1n) is 8.41. The fourth-order valence-corrected chi connectivity index (χ4v) is 4.47. The molecule has 0 saturated heterocycles. The summed E-state index contributed by atoms with van der Waals surface area (Å²) in [7, 11) is 1.92. The lowest BCUT2D eigenvalue weighted by molar-refractivity contribution is 0.0718. The van der Waals surface area contributed by atoms with Gasteiger partial charge in [-0.1, -0.05) is 41.4 Å². The molecule has 2 aromatic carbocycles. The van der Waals surface area contributed by atoms with Gasteiger partial charge in [0.25, 0.3) is 5.56 Å². The molecule has 2 N–H and O–H groups in total. The minimum atomic E-state index is -0.571. The highest BCUT2D eigenvalue weighted by atomic mass is 35.5. The van der Waals surface area contributed by atoms with Crippen molar-refractivity contribution in [3.8, 4) is 0 Å². The Hall–Kier alpha value is -1.85. The van der Waals surface area contributed by atoms with Crippen molar-refractivity contribution < 1.29 is 5.11 Å². The number of aliphatic hydroxyl groups is 1. The summed E-state index contributed by atoms with van der Waals surface area (Å²) in [6, 6.07) is 12.8. The van der Waals surface area contributed by atoms with Crippen molar-refractivity contribution in [3.05, 3.63) is 79.7 Å². The predicted molar refractivity (Wildman–Crippen MR) is 105 cm³/mol. The van der Waals surface area contributed by atoms with Crippen molar-refractivity contribution in [1.82, 2.24) is 9.88 Å². The zero-order valence-electron chi connectivity index (χ0n) is 14.2. The molecule has 0 aliphatic heterocycles. The molecule has 2 atom stereocenters. The van der Waals surface area contributed by atoms with Gasteiger partial charge in [-0.2, -0.15) is 0 Å². The average molecular weight is 389 g/mol. The zero-order chi connectivity index (χ0) is 18.4. The number of hydrogen-bond donors (Lipinski definition) is 2. The first-order valence-corrected chi connectivity index (χ1v) is 9.16. The van der Waals surface area contributed by atoms with Gasteiger partial charge in [0.2, 0.25) is 0 Å². The van der Waals surface area contributed by atoms with Crippen molar-refractivity contribution in [1.29, 1.82) is 0 Å². The summed E-state index contributed by atoms with van der Waals surface area (Å²) in [6.07, 6.45) is -0.0765. The second-order valence-corrected chi connectivity index (χ2v) is 7.64. The van der Waals surface area contributed by atoms with E-state index in [9.17, 15) is 9.90 Å². The number of nitrogens with zero attached hydrogens (tertiary/aromatic N) is 1. The summed E-state index contributed by atoms with van der Waals surface area (Å²) in [5.41, 5.74) is 2.57. The van der Waals surface area contributed by atoms with Crippen LogP contribution < -0.4 is 5.56 Å². The Bertz CT molecular complexity index is 1050. The van der Waals surface area contributed by atoms with Crippen molar-refractivity contribution in [2.75, 3.05) is 7.05 Å². The normalized spacial score (nSPS) is 19.3. The lowest BCUT2D eigenvalue weighted by atomic mass is 10.1. The molecule has 3 aromatic rings.